The Kier molecular flexibility index (Phi) is 8.04. The normalized spacial score (nSPS) is 13.5. The Hall–Kier alpha value is -2.58. The fraction of sp³-hybridized carbons (Fsp3) is 0.381. The van der Waals surface area contributed by atoms with Crippen LogP contribution in [0.1, 0.15) is 31.7 Å². The molecule has 2 rings (SSSR count). The first kappa shape index (κ1) is 22.7. The number of hydrogen-bond acceptors (Lipinski definition) is 6. The topological polar surface area (TPSA) is 113 Å². The molecule has 1 unspecified atom stereocenters. The molecule has 2 atom stereocenters. The zero-order valence-electron chi connectivity index (χ0n) is 16.5. The number of ether oxygens (including phenoxy) is 1. The average molecular weight is 422 g/mol. The number of hydroxylamine groups is 1. The maximum absolute atomic E-state index is 13.2. The average Bonchev–Trinajstić information content (AvgIpc) is 2.73. The Balaban J connectivity index is 2.19. The van der Waals surface area contributed by atoms with Gasteiger partial charge in [-0.15, -0.1) is 0 Å². The van der Waals surface area contributed by atoms with E-state index in [1.807, 2.05) is 30.3 Å². The molecule has 0 aliphatic carbocycles. The summed E-state index contributed by atoms with van der Waals surface area (Å²) in [6.45, 7) is 1.47. The highest BCUT2D eigenvalue weighted by Crippen LogP contribution is 2.32. The summed E-state index contributed by atoms with van der Waals surface area (Å²) in [6.07, 6.45) is 2.40. The lowest BCUT2D eigenvalue weighted by molar-refractivity contribution is -0.132. The van der Waals surface area contributed by atoms with Crippen LogP contribution in [-0.4, -0.2) is 37.0 Å². The maximum atomic E-state index is 13.2. The molecule has 0 bridgehead atoms. The van der Waals surface area contributed by atoms with Crippen LogP contribution in [0.5, 0.6) is 11.5 Å². The standard InChI is InChI=1S/C21H27NO6S/c1-15(21(24)22-25)20(11-7-6-10-16-8-4-3-5-9-16)29(26,27)17-12-13-19(28-2)18(23)14-17/h3-5,8-9,12-15,20,23,25H,6-7,10-11H2,1-2H3,(H,22,24)/t15?,20-/m1/s1. The number of carbonyl (C=O) groups excluding carboxylic acids is 1. The lowest BCUT2D eigenvalue weighted by atomic mass is 10.00. The molecule has 0 saturated carbocycles. The molecule has 29 heavy (non-hydrogen) atoms. The van der Waals surface area contributed by atoms with Crippen LogP contribution in [0, 0.1) is 5.92 Å². The second-order valence-corrected chi connectivity index (χ2v) is 9.08. The Bertz CT molecular complexity index is 914. The number of methoxy groups -OCH3 is 1. The zero-order chi connectivity index (χ0) is 21.4. The molecule has 3 N–H and O–H groups in total. The number of nitrogens with one attached hydrogen (secondary N) is 1. The molecule has 0 fully saturated rings. The predicted octanol–water partition coefficient (Wildman–Crippen LogP) is 3.10. The van der Waals surface area contributed by atoms with Crippen LogP contribution in [0.4, 0.5) is 0 Å². The number of hydrogen-bond donors (Lipinski definition) is 3. The molecular formula is C21H27NO6S. The third-order valence-electron chi connectivity index (χ3n) is 5.01. The number of phenolic OH excluding ortho intramolecular Hbond substituents is 1. The largest absolute Gasteiger partial charge is 0.504 e. The van der Waals surface area contributed by atoms with E-state index < -0.39 is 26.9 Å². The first-order valence-corrected chi connectivity index (χ1v) is 10.9. The van der Waals surface area contributed by atoms with Crippen molar-refractivity contribution in [2.75, 3.05) is 7.11 Å². The van der Waals surface area contributed by atoms with Crippen molar-refractivity contribution in [2.24, 2.45) is 5.92 Å². The van der Waals surface area contributed by atoms with Crippen LogP contribution in [0.25, 0.3) is 0 Å². The summed E-state index contributed by atoms with van der Waals surface area (Å²) < 4.78 is 31.3. The number of carbonyl (C=O) groups is 1. The van der Waals surface area contributed by atoms with E-state index in [0.717, 1.165) is 24.5 Å². The van der Waals surface area contributed by atoms with E-state index in [1.165, 1.54) is 26.2 Å². The molecular weight excluding hydrogens is 394 g/mol. The van der Waals surface area contributed by atoms with Gasteiger partial charge in [0.2, 0.25) is 5.91 Å². The summed E-state index contributed by atoms with van der Waals surface area (Å²) in [5.41, 5.74) is 2.70. The number of sulfone groups is 1. The Morgan fingerprint density at radius 1 is 1.14 bits per heavy atom. The SMILES string of the molecule is COc1ccc(S(=O)(=O)[C@H](CCCCc2ccccc2)C(C)C(=O)NO)cc1O. The summed E-state index contributed by atoms with van der Waals surface area (Å²) in [5, 5.41) is 17.9. The number of unbranched alkanes of at least 4 members (excludes halogenated alkanes) is 1. The van der Waals surface area contributed by atoms with Gasteiger partial charge in [0, 0.05) is 6.07 Å². The molecule has 0 heterocycles. The van der Waals surface area contributed by atoms with Gasteiger partial charge >= 0.3 is 0 Å². The van der Waals surface area contributed by atoms with Gasteiger partial charge < -0.3 is 9.84 Å². The van der Waals surface area contributed by atoms with Gasteiger partial charge in [-0.1, -0.05) is 43.7 Å². The van der Waals surface area contributed by atoms with Crippen LogP contribution >= 0.6 is 0 Å². The van der Waals surface area contributed by atoms with Gasteiger partial charge in [0.15, 0.2) is 21.3 Å². The van der Waals surface area contributed by atoms with Gasteiger partial charge in [0.05, 0.1) is 23.2 Å². The van der Waals surface area contributed by atoms with Crippen molar-refractivity contribution < 1.29 is 28.3 Å². The van der Waals surface area contributed by atoms with Crippen LogP contribution in [0.15, 0.2) is 53.4 Å². The molecule has 158 valence electrons. The minimum absolute atomic E-state index is 0.0959. The lowest BCUT2D eigenvalue weighted by Crippen LogP contribution is -2.38. The highest BCUT2D eigenvalue weighted by atomic mass is 32.2. The number of benzene rings is 2. The van der Waals surface area contributed by atoms with E-state index in [9.17, 15) is 18.3 Å². The molecule has 7 nitrogen and oxygen atoms in total. The molecule has 0 saturated heterocycles. The van der Waals surface area contributed by atoms with Crippen LogP contribution in [0.3, 0.4) is 0 Å². The number of amides is 1. The van der Waals surface area contributed by atoms with Crippen LogP contribution in [-0.2, 0) is 21.1 Å². The monoisotopic (exact) mass is 421 g/mol. The number of rotatable bonds is 10. The van der Waals surface area contributed by atoms with E-state index in [-0.39, 0.29) is 22.8 Å². The first-order valence-electron chi connectivity index (χ1n) is 9.40. The molecule has 1 amide bonds. The molecule has 0 aliphatic rings. The second kappa shape index (κ2) is 10.3. The highest BCUT2D eigenvalue weighted by Gasteiger charge is 2.36. The molecule has 0 radical (unpaired) electrons. The Morgan fingerprint density at radius 3 is 2.41 bits per heavy atom. The summed E-state index contributed by atoms with van der Waals surface area (Å²) in [6, 6.07) is 13.7. The summed E-state index contributed by atoms with van der Waals surface area (Å²) in [5.74, 6) is -1.87. The maximum Gasteiger partial charge on any atom is 0.247 e. The van der Waals surface area contributed by atoms with E-state index in [0.29, 0.717) is 6.42 Å². The van der Waals surface area contributed by atoms with Gasteiger partial charge in [-0.3, -0.25) is 10.0 Å². The summed E-state index contributed by atoms with van der Waals surface area (Å²) in [4.78, 5) is 11.9. The highest BCUT2D eigenvalue weighted by molar-refractivity contribution is 7.92. The van der Waals surface area contributed by atoms with E-state index in [1.54, 1.807) is 5.48 Å². The molecule has 2 aromatic carbocycles. The zero-order valence-corrected chi connectivity index (χ0v) is 17.4. The summed E-state index contributed by atoms with van der Waals surface area (Å²) in [7, 11) is -2.57. The Morgan fingerprint density at radius 2 is 1.83 bits per heavy atom. The molecule has 0 spiro atoms. The Labute approximate surface area is 171 Å². The fourth-order valence-electron chi connectivity index (χ4n) is 3.29. The van der Waals surface area contributed by atoms with Gasteiger partial charge in [0.25, 0.3) is 0 Å². The molecule has 2 aromatic rings. The van der Waals surface area contributed by atoms with Crippen molar-refractivity contribution in [3.8, 4) is 11.5 Å². The minimum atomic E-state index is -3.94. The van der Waals surface area contributed by atoms with Gasteiger partial charge in [0.1, 0.15) is 0 Å². The summed E-state index contributed by atoms with van der Waals surface area (Å²) >= 11 is 0. The van der Waals surface area contributed by atoms with Crippen molar-refractivity contribution in [1.82, 2.24) is 5.48 Å². The molecule has 0 aliphatic heterocycles. The molecule has 0 aromatic heterocycles. The van der Waals surface area contributed by atoms with Crippen LogP contribution in [0.2, 0.25) is 0 Å². The molecule has 8 heteroatoms. The van der Waals surface area contributed by atoms with E-state index in [2.05, 4.69) is 0 Å². The van der Waals surface area contributed by atoms with Gasteiger partial charge in [-0.2, -0.15) is 0 Å². The third-order valence-corrected chi connectivity index (χ3v) is 7.36. The predicted molar refractivity (Wildman–Crippen MR) is 109 cm³/mol. The van der Waals surface area contributed by atoms with Crippen LogP contribution < -0.4 is 10.2 Å². The third kappa shape index (κ3) is 5.71. The number of aryl methyl sites for hydroxylation is 1. The fourth-order valence-corrected chi connectivity index (χ4v) is 5.31. The van der Waals surface area contributed by atoms with Gasteiger partial charge in [-0.05, 0) is 37.0 Å². The van der Waals surface area contributed by atoms with E-state index in [4.69, 9.17) is 9.94 Å². The minimum Gasteiger partial charge on any atom is -0.504 e. The van der Waals surface area contributed by atoms with Crippen molar-refractivity contribution >= 4 is 15.7 Å². The second-order valence-electron chi connectivity index (χ2n) is 6.91. The lowest BCUT2D eigenvalue weighted by Gasteiger charge is -2.23. The number of phenols is 1. The number of aromatic hydroxyl groups is 1. The smallest absolute Gasteiger partial charge is 0.247 e. The van der Waals surface area contributed by atoms with Crippen molar-refractivity contribution in [1.29, 1.82) is 0 Å². The van der Waals surface area contributed by atoms with Crippen molar-refractivity contribution in [3.63, 3.8) is 0 Å². The first-order chi connectivity index (χ1) is 13.8. The van der Waals surface area contributed by atoms with E-state index >= 15 is 0 Å². The quantitative estimate of drug-likeness (QED) is 0.309. The van der Waals surface area contributed by atoms with Gasteiger partial charge in [-0.25, -0.2) is 13.9 Å². The van der Waals surface area contributed by atoms with Crippen molar-refractivity contribution in [2.45, 2.75) is 42.8 Å². The van der Waals surface area contributed by atoms with Crippen molar-refractivity contribution in [3.05, 3.63) is 54.1 Å².